The summed E-state index contributed by atoms with van der Waals surface area (Å²) < 4.78 is 6.11. The number of fused-ring (bicyclic) bond motifs is 1. The summed E-state index contributed by atoms with van der Waals surface area (Å²) in [5.41, 5.74) is 4.40. The maximum absolute atomic E-state index is 6.11. The summed E-state index contributed by atoms with van der Waals surface area (Å²) in [6.45, 7) is 4.49. The number of nitrogens with zero attached hydrogens (tertiary/aromatic N) is 2. The van der Waals surface area contributed by atoms with Crippen LogP contribution in [0.1, 0.15) is 30.4 Å². The molecule has 132 valence electrons. The summed E-state index contributed by atoms with van der Waals surface area (Å²) in [5, 5.41) is 0. The van der Waals surface area contributed by atoms with Gasteiger partial charge in [0.15, 0.2) is 0 Å². The van der Waals surface area contributed by atoms with E-state index in [4.69, 9.17) is 4.74 Å². The summed E-state index contributed by atoms with van der Waals surface area (Å²) in [7, 11) is 2.20. The Kier molecular flexibility index (Phi) is 4.93. The second kappa shape index (κ2) is 7.49. The third kappa shape index (κ3) is 3.98. The smallest absolute Gasteiger partial charge is 0.119 e. The van der Waals surface area contributed by atoms with Crippen molar-refractivity contribution in [1.29, 1.82) is 0 Å². The van der Waals surface area contributed by atoms with Crippen molar-refractivity contribution in [3.63, 3.8) is 0 Å². The molecule has 2 aromatic rings. The predicted molar refractivity (Wildman–Crippen MR) is 103 cm³/mol. The van der Waals surface area contributed by atoms with E-state index in [0.29, 0.717) is 6.10 Å². The van der Waals surface area contributed by atoms with Crippen LogP contribution in [0.3, 0.4) is 0 Å². The van der Waals surface area contributed by atoms with Crippen LogP contribution in [0.5, 0.6) is 5.75 Å². The van der Waals surface area contributed by atoms with Crippen molar-refractivity contribution in [1.82, 2.24) is 4.90 Å². The van der Waals surface area contributed by atoms with Gasteiger partial charge in [-0.05, 0) is 55.0 Å². The second-order valence-electron chi connectivity index (χ2n) is 7.39. The number of anilines is 1. The average Bonchev–Trinajstić information content (AvgIpc) is 2.64. The first-order chi connectivity index (χ1) is 12.3. The van der Waals surface area contributed by atoms with E-state index < -0.39 is 0 Å². The molecule has 2 aliphatic rings. The number of hydrogen-bond acceptors (Lipinski definition) is 3. The first-order valence-electron chi connectivity index (χ1n) is 9.55. The molecule has 4 rings (SSSR count). The maximum atomic E-state index is 6.11. The lowest BCUT2D eigenvalue weighted by Gasteiger charge is -2.33. The maximum Gasteiger partial charge on any atom is 0.119 e. The Morgan fingerprint density at radius 1 is 1.00 bits per heavy atom. The van der Waals surface area contributed by atoms with Crippen LogP contribution in [-0.4, -0.2) is 37.7 Å². The number of benzene rings is 2. The van der Waals surface area contributed by atoms with Crippen molar-refractivity contribution in [2.24, 2.45) is 0 Å². The Morgan fingerprint density at radius 3 is 2.60 bits per heavy atom. The molecule has 2 aliphatic heterocycles. The molecule has 0 bridgehead atoms. The lowest BCUT2D eigenvalue weighted by atomic mass is 9.99. The van der Waals surface area contributed by atoms with Gasteiger partial charge in [-0.2, -0.15) is 0 Å². The first kappa shape index (κ1) is 16.5. The van der Waals surface area contributed by atoms with Crippen molar-refractivity contribution >= 4 is 5.69 Å². The van der Waals surface area contributed by atoms with Gasteiger partial charge in [0.05, 0.1) is 0 Å². The monoisotopic (exact) mass is 336 g/mol. The Morgan fingerprint density at radius 2 is 1.80 bits per heavy atom. The summed E-state index contributed by atoms with van der Waals surface area (Å²) in [6.07, 6.45) is 5.08. The first-order valence-corrected chi connectivity index (χ1v) is 9.55. The Labute approximate surface area is 151 Å². The Balaban J connectivity index is 1.31. The van der Waals surface area contributed by atoms with Crippen molar-refractivity contribution in [3.8, 4) is 5.75 Å². The Hall–Kier alpha value is -2.00. The molecule has 2 heterocycles. The zero-order valence-corrected chi connectivity index (χ0v) is 15.2. The molecule has 0 N–H and O–H groups in total. The van der Waals surface area contributed by atoms with Gasteiger partial charge in [0.1, 0.15) is 11.9 Å². The van der Waals surface area contributed by atoms with Gasteiger partial charge in [0.2, 0.25) is 0 Å². The van der Waals surface area contributed by atoms with E-state index in [9.17, 15) is 0 Å². The normalized spacial score (nSPS) is 18.8. The molecule has 0 unspecified atom stereocenters. The molecule has 3 heteroatoms. The minimum absolute atomic E-state index is 0.357. The molecule has 0 aliphatic carbocycles. The zero-order chi connectivity index (χ0) is 17.1. The van der Waals surface area contributed by atoms with Crippen LogP contribution in [0.25, 0.3) is 0 Å². The highest BCUT2D eigenvalue weighted by Crippen LogP contribution is 2.28. The molecular weight excluding hydrogens is 308 g/mol. The van der Waals surface area contributed by atoms with E-state index in [1.54, 1.807) is 0 Å². The number of para-hydroxylation sites is 1. The van der Waals surface area contributed by atoms with Gasteiger partial charge in [-0.3, -0.25) is 4.90 Å². The van der Waals surface area contributed by atoms with Crippen LogP contribution in [-0.2, 0) is 13.0 Å². The van der Waals surface area contributed by atoms with Gasteiger partial charge < -0.3 is 9.64 Å². The highest BCUT2D eigenvalue weighted by molar-refractivity contribution is 5.56. The molecule has 0 saturated carbocycles. The van der Waals surface area contributed by atoms with Gasteiger partial charge >= 0.3 is 0 Å². The fourth-order valence-corrected chi connectivity index (χ4v) is 4.07. The lowest BCUT2D eigenvalue weighted by Crippen LogP contribution is -2.37. The van der Waals surface area contributed by atoms with Crippen LogP contribution >= 0.6 is 0 Å². The molecule has 0 aromatic heterocycles. The molecule has 0 spiro atoms. The molecule has 1 fully saturated rings. The van der Waals surface area contributed by atoms with Crippen molar-refractivity contribution in [2.45, 2.75) is 38.3 Å². The summed E-state index contributed by atoms with van der Waals surface area (Å²) in [5.74, 6) is 1.000. The summed E-state index contributed by atoms with van der Waals surface area (Å²) in [6, 6.07) is 17.3. The fourth-order valence-electron chi connectivity index (χ4n) is 4.07. The van der Waals surface area contributed by atoms with Crippen molar-refractivity contribution < 1.29 is 4.74 Å². The predicted octanol–water partition coefficient (Wildman–Crippen LogP) is 4.11. The number of rotatable bonds is 4. The van der Waals surface area contributed by atoms with Gasteiger partial charge in [0.25, 0.3) is 0 Å². The SMILES string of the molecule is CN1CCCc2cc(CN3CCC(Oc4ccccc4)CC3)ccc21. The van der Waals surface area contributed by atoms with E-state index in [1.807, 2.05) is 18.2 Å². The molecule has 0 atom stereocenters. The van der Waals surface area contributed by atoms with E-state index >= 15 is 0 Å². The molecular formula is C22H28N2O. The highest BCUT2D eigenvalue weighted by atomic mass is 16.5. The molecule has 0 radical (unpaired) electrons. The second-order valence-corrected chi connectivity index (χ2v) is 7.39. The molecule has 2 aromatic carbocycles. The minimum Gasteiger partial charge on any atom is -0.490 e. The third-order valence-corrected chi connectivity index (χ3v) is 5.48. The number of aryl methyl sites for hydroxylation is 1. The van der Waals surface area contributed by atoms with E-state index in [-0.39, 0.29) is 0 Å². The summed E-state index contributed by atoms with van der Waals surface area (Å²) >= 11 is 0. The standard InChI is InChI=1S/C22H28N2O/c1-23-13-5-6-19-16-18(9-10-22(19)23)17-24-14-11-21(12-15-24)25-20-7-3-2-4-8-20/h2-4,7-10,16,21H,5-6,11-15,17H2,1H3. The largest absolute Gasteiger partial charge is 0.490 e. The van der Waals surface area contributed by atoms with Gasteiger partial charge in [-0.1, -0.05) is 30.3 Å². The van der Waals surface area contributed by atoms with Gasteiger partial charge in [-0.25, -0.2) is 0 Å². The minimum atomic E-state index is 0.357. The van der Waals surface area contributed by atoms with Gasteiger partial charge in [-0.15, -0.1) is 0 Å². The van der Waals surface area contributed by atoms with Crippen LogP contribution in [0, 0.1) is 0 Å². The van der Waals surface area contributed by atoms with Crippen LogP contribution in [0.4, 0.5) is 5.69 Å². The average molecular weight is 336 g/mol. The fraction of sp³-hybridized carbons (Fsp3) is 0.455. The number of ether oxygens (including phenoxy) is 1. The number of hydrogen-bond donors (Lipinski definition) is 0. The summed E-state index contributed by atoms with van der Waals surface area (Å²) in [4.78, 5) is 4.95. The van der Waals surface area contributed by atoms with Crippen molar-refractivity contribution in [2.75, 3.05) is 31.6 Å². The lowest BCUT2D eigenvalue weighted by molar-refractivity contribution is 0.0968. The molecule has 0 amide bonds. The van der Waals surface area contributed by atoms with Crippen molar-refractivity contribution in [3.05, 3.63) is 59.7 Å². The molecule has 25 heavy (non-hydrogen) atoms. The topological polar surface area (TPSA) is 15.7 Å². The third-order valence-electron chi connectivity index (χ3n) is 5.48. The zero-order valence-electron chi connectivity index (χ0n) is 15.2. The van der Waals surface area contributed by atoms with Crippen LogP contribution in [0.15, 0.2) is 48.5 Å². The van der Waals surface area contributed by atoms with Crippen LogP contribution in [0.2, 0.25) is 0 Å². The number of likely N-dealkylation sites (tertiary alicyclic amines) is 1. The molecule has 1 saturated heterocycles. The Bertz CT molecular complexity index is 692. The van der Waals surface area contributed by atoms with E-state index in [0.717, 1.165) is 38.2 Å². The molecule has 3 nitrogen and oxygen atoms in total. The number of piperidine rings is 1. The van der Waals surface area contributed by atoms with Gasteiger partial charge in [0, 0.05) is 38.9 Å². The van der Waals surface area contributed by atoms with E-state index in [1.165, 1.54) is 36.2 Å². The quantitative estimate of drug-likeness (QED) is 0.835. The van der Waals surface area contributed by atoms with Crippen LogP contribution < -0.4 is 9.64 Å². The van der Waals surface area contributed by atoms with E-state index in [2.05, 4.69) is 47.2 Å². The highest BCUT2D eigenvalue weighted by Gasteiger charge is 2.21.